The van der Waals surface area contributed by atoms with Crippen LogP contribution in [0.5, 0.6) is 11.5 Å². The predicted octanol–water partition coefficient (Wildman–Crippen LogP) is 3.75. The van der Waals surface area contributed by atoms with Gasteiger partial charge in [0, 0.05) is 11.1 Å². The minimum atomic E-state index is -0.517. The van der Waals surface area contributed by atoms with E-state index in [4.69, 9.17) is 21.1 Å². The van der Waals surface area contributed by atoms with Crippen molar-refractivity contribution in [3.8, 4) is 22.6 Å². The zero-order chi connectivity index (χ0) is 13.8. The maximum atomic E-state index is 11.5. The molecule has 0 amide bonds. The number of hydrogen-bond donors (Lipinski definition) is 0. The zero-order valence-electron chi connectivity index (χ0n) is 10.6. The highest BCUT2D eigenvalue weighted by Gasteiger charge is 2.16. The lowest BCUT2D eigenvalue weighted by molar-refractivity contribution is 0.108. The largest absolute Gasteiger partial charge is 0.497 e. The summed E-state index contributed by atoms with van der Waals surface area (Å²) in [5.41, 5.74) is 1.90. The molecule has 0 bridgehead atoms. The van der Waals surface area contributed by atoms with Gasteiger partial charge in [-0.25, -0.2) is 0 Å². The lowest BCUT2D eigenvalue weighted by atomic mass is 9.99. The van der Waals surface area contributed by atoms with E-state index in [0.717, 1.165) is 5.56 Å². The second-order valence-corrected chi connectivity index (χ2v) is 4.23. The van der Waals surface area contributed by atoms with Crippen LogP contribution in [0.25, 0.3) is 11.1 Å². The van der Waals surface area contributed by atoms with Gasteiger partial charge in [-0.3, -0.25) is 4.79 Å². The molecule has 0 aromatic heterocycles. The summed E-state index contributed by atoms with van der Waals surface area (Å²) >= 11 is 5.64. The van der Waals surface area contributed by atoms with E-state index < -0.39 is 5.24 Å². The Morgan fingerprint density at radius 1 is 1.05 bits per heavy atom. The number of hydrogen-bond acceptors (Lipinski definition) is 3. The standard InChI is InChI=1S/C15H13ClO3/c1-18-11-6-3-5-10(9-11)14-12(15(16)17)7-4-8-13(14)19-2/h3-9H,1-2H3. The van der Waals surface area contributed by atoms with E-state index in [0.29, 0.717) is 22.6 Å². The topological polar surface area (TPSA) is 35.5 Å². The van der Waals surface area contributed by atoms with Crippen LogP contribution in [0.4, 0.5) is 0 Å². The van der Waals surface area contributed by atoms with E-state index in [2.05, 4.69) is 0 Å². The van der Waals surface area contributed by atoms with Crippen molar-refractivity contribution in [1.82, 2.24) is 0 Å². The first-order valence-electron chi connectivity index (χ1n) is 5.68. The molecule has 0 saturated carbocycles. The minimum Gasteiger partial charge on any atom is -0.497 e. The van der Waals surface area contributed by atoms with Gasteiger partial charge in [-0.05, 0) is 41.4 Å². The second kappa shape index (κ2) is 5.76. The number of benzene rings is 2. The Morgan fingerprint density at radius 3 is 2.42 bits per heavy atom. The van der Waals surface area contributed by atoms with Crippen molar-refractivity contribution in [2.75, 3.05) is 14.2 Å². The van der Waals surface area contributed by atoms with Crippen molar-refractivity contribution < 1.29 is 14.3 Å². The molecular weight excluding hydrogens is 264 g/mol. The number of methoxy groups -OCH3 is 2. The van der Waals surface area contributed by atoms with E-state index in [9.17, 15) is 4.79 Å². The van der Waals surface area contributed by atoms with Gasteiger partial charge in [0.25, 0.3) is 5.24 Å². The highest BCUT2D eigenvalue weighted by molar-refractivity contribution is 6.68. The summed E-state index contributed by atoms with van der Waals surface area (Å²) in [6, 6.07) is 12.6. The zero-order valence-corrected chi connectivity index (χ0v) is 11.4. The van der Waals surface area contributed by atoms with E-state index >= 15 is 0 Å². The van der Waals surface area contributed by atoms with Gasteiger partial charge in [0.15, 0.2) is 0 Å². The van der Waals surface area contributed by atoms with Crippen molar-refractivity contribution in [2.45, 2.75) is 0 Å². The molecule has 2 rings (SSSR count). The first-order valence-corrected chi connectivity index (χ1v) is 6.06. The Labute approximate surface area is 116 Å². The molecule has 0 N–H and O–H groups in total. The van der Waals surface area contributed by atoms with Crippen LogP contribution in [0.3, 0.4) is 0 Å². The van der Waals surface area contributed by atoms with Crippen molar-refractivity contribution >= 4 is 16.8 Å². The molecule has 3 nitrogen and oxygen atoms in total. The van der Waals surface area contributed by atoms with E-state index in [1.807, 2.05) is 24.3 Å². The molecule has 0 aliphatic rings. The third-order valence-corrected chi connectivity index (χ3v) is 3.02. The maximum Gasteiger partial charge on any atom is 0.253 e. The molecule has 4 heteroatoms. The normalized spacial score (nSPS) is 10.1. The first kappa shape index (κ1) is 13.4. The molecule has 0 unspecified atom stereocenters. The van der Waals surface area contributed by atoms with Crippen molar-refractivity contribution in [1.29, 1.82) is 0 Å². The molecular formula is C15H13ClO3. The summed E-state index contributed by atoms with van der Waals surface area (Å²) < 4.78 is 10.5. The molecule has 0 spiro atoms. The SMILES string of the molecule is COc1cccc(-c2c(OC)cccc2C(=O)Cl)c1. The van der Waals surface area contributed by atoms with Crippen LogP contribution in [0, 0.1) is 0 Å². The van der Waals surface area contributed by atoms with Crippen LogP contribution in [-0.2, 0) is 0 Å². The number of halogens is 1. The Hall–Kier alpha value is -2.00. The van der Waals surface area contributed by atoms with Crippen LogP contribution < -0.4 is 9.47 Å². The van der Waals surface area contributed by atoms with Gasteiger partial charge < -0.3 is 9.47 Å². The van der Waals surface area contributed by atoms with Crippen molar-refractivity contribution in [3.05, 3.63) is 48.0 Å². The van der Waals surface area contributed by atoms with E-state index in [1.54, 1.807) is 32.4 Å². The third kappa shape index (κ3) is 2.71. The van der Waals surface area contributed by atoms with Crippen molar-refractivity contribution in [2.24, 2.45) is 0 Å². The van der Waals surface area contributed by atoms with Crippen LogP contribution in [0.2, 0.25) is 0 Å². The van der Waals surface area contributed by atoms with Crippen LogP contribution in [0.1, 0.15) is 10.4 Å². The van der Waals surface area contributed by atoms with Crippen molar-refractivity contribution in [3.63, 3.8) is 0 Å². The summed E-state index contributed by atoms with van der Waals surface area (Å²) in [6.07, 6.45) is 0. The summed E-state index contributed by atoms with van der Waals surface area (Å²) in [5, 5.41) is -0.517. The van der Waals surface area contributed by atoms with Gasteiger partial charge in [0.05, 0.1) is 14.2 Å². The third-order valence-electron chi connectivity index (χ3n) is 2.82. The van der Waals surface area contributed by atoms with Crippen LogP contribution >= 0.6 is 11.6 Å². The number of rotatable bonds is 4. The monoisotopic (exact) mass is 276 g/mol. The minimum absolute atomic E-state index is 0.411. The van der Waals surface area contributed by atoms with Crippen LogP contribution in [0.15, 0.2) is 42.5 Å². The molecule has 0 radical (unpaired) electrons. The van der Waals surface area contributed by atoms with E-state index in [1.165, 1.54) is 0 Å². The summed E-state index contributed by atoms with van der Waals surface area (Å²) in [5.74, 6) is 1.30. The molecule has 0 saturated heterocycles. The maximum absolute atomic E-state index is 11.5. The molecule has 2 aromatic carbocycles. The molecule has 0 aliphatic heterocycles. The molecule has 0 aliphatic carbocycles. The second-order valence-electron chi connectivity index (χ2n) is 3.89. The fourth-order valence-electron chi connectivity index (χ4n) is 1.94. The van der Waals surface area contributed by atoms with Crippen LogP contribution in [-0.4, -0.2) is 19.5 Å². The summed E-state index contributed by atoms with van der Waals surface area (Å²) in [4.78, 5) is 11.5. The highest BCUT2D eigenvalue weighted by atomic mass is 35.5. The Morgan fingerprint density at radius 2 is 1.79 bits per heavy atom. The molecule has 19 heavy (non-hydrogen) atoms. The van der Waals surface area contributed by atoms with Gasteiger partial charge in [-0.2, -0.15) is 0 Å². The van der Waals surface area contributed by atoms with Gasteiger partial charge >= 0.3 is 0 Å². The fourth-order valence-corrected chi connectivity index (χ4v) is 2.10. The number of carbonyl (C=O) groups is 1. The van der Waals surface area contributed by atoms with Gasteiger partial charge in [-0.1, -0.05) is 18.2 Å². The lowest BCUT2D eigenvalue weighted by Crippen LogP contribution is -1.97. The smallest absolute Gasteiger partial charge is 0.253 e. The molecule has 0 fully saturated rings. The molecule has 0 heterocycles. The molecule has 98 valence electrons. The van der Waals surface area contributed by atoms with Gasteiger partial charge in [-0.15, -0.1) is 0 Å². The predicted molar refractivity (Wildman–Crippen MR) is 75.2 cm³/mol. The van der Waals surface area contributed by atoms with E-state index in [-0.39, 0.29) is 0 Å². The average molecular weight is 277 g/mol. The summed E-state index contributed by atoms with van der Waals surface area (Å²) in [7, 11) is 3.15. The lowest BCUT2D eigenvalue weighted by Gasteiger charge is -2.12. The van der Waals surface area contributed by atoms with Gasteiger partial charge in [0.2, 0.25) is 0 Å². The highest BCUT2D eigenvalue weighted by Crippen LogP contribution is 2.35. The molecule has 0 atom stereocenters. The quantitative estimate of drug-likeness (QED) is 0.798. The first-order chi connectivity index (χ1) is 9.17. The average Bonchev–Trinajstić information content (AvgIpc) is 2.46. The fraction of sp³-hybridized carbons (Fsp3) is 0.133. The summed E-state index contributed by atoms with van der Waals surface area (Å²) in [6.45, 7) is 0. The Kier molecular flexibility index (Phi) is 4.07. The Balaban J connectivity index is 2.68. The number of ether oxygens (including phenoxy) is 2. The number of carbonyl (C=O) groups excluding carboxylic acids is 1. The molecule has 2 aromatic rings. The Bertz CT molecular complexity index is 608. The van der Waals surface area contributed by atoms with Gasteiger partial charge in [0.1, 0.15) is 11.5 Å².